The van der Waals surface area contributed by atoms with Gasteiger partial charge in [0.1, 0.15) is 6.10 Å². The number of aliphatic hydroxyl groups excluding tert-OH is 1. The van der Waals surface area contributed by atoms with Crippen molar-refractivity contribution in [2.45, 2.75) is 31.8 Å². The van der Waals surface area contributed by atoms with Gasteiger partial charge in [0.05, 0.1) is 0 Å². The number of hydrogen-bond donors (Lipinski definition) is 1. The molecule has 0 aliphatic heterocycles. The maximum absolute atomic E-state index is 12.4. The molecule has 3 heteroatoms. The molecule has 1 aromatic rings. The van der Waals surface area contributed by atoms with Crippen molar-refractivity contribution in [3.05, 3.63) is 35.9 Å². The minimum absolute atomic E-state index is 0.716. The Kier molecular flexibility index (Phi) is 3.21. The third-order valence-electron chi connectivity index (χ3n) is 2.50. The van der Waals surface area contributed by atoms with Gasteiger partial charge >= 0.3 is 0 Å². The van der Waals surface area contributed by atoms with E-state index in [9.17, 15) is 13.9 Å². The summed E-state index contributed by atoms with van der Waals surface area (Å²) in [6, 6.07) is 8.84. The van der Waals surface area contributed by atoms with Gasteiger partial charge < -0.3 is 5.11 Å². The fourth-order valence-electron chi connectivity index (χ4n) is 1.35. The van der Waals surface area contributed by atoms with Crippen LogP contribution in [0.25, 0.3) is 0 Å². The predicted molar refractivity (Wildman–Crippen MR) is 51.5 cm³/mol. The molecule has 0 amide bonds. The van der Waals surface area contributed by atoms with Crippen LogP contribution in [0.2, 0.25) is 0 Å². The van der Waals surface area contributed by atoms with E-state index in [1.807, 2.05) is 6.07 Å². The van der Waals surface area contributed by atoms with Crippen molar-refractivity contribution >= 4 is 0 Å². The van der Waals surface area contributed by atoms with Crippen LogP contribution in [-0.2, 0) is 5.41 Å². The molecular weight excluding hydrogens is 186 g/mol. The second-order valence-electron chi connectivity index (χ2n) is 3.87. The van der Waals surface area contributed by atoms with Gasteiger partial charge in [0.15, 0.2) is 0 Å². The lowest BCUT2D eigenvalue weighted by Gasteiger charge is -2.30. The minimum atomic E-state index is -2.72. The maximum atomic E-state index is 12.4. The average Bonchev–Trinajstić information content (AvgIpc) is 2.18. The van der Waals surface area contributed by atoms with Crippen molar-refractivity contribution < 1.29 is 13.9 Å². The predicted octanol–water partition coefficient (Wildman–Crippen LogP) is 2.59. The summed E-state index contributed by atoms with van der Waals surface area (Å²) in [5, 5.41) is 9.36. The Balaban J connectivity index is 2.96. The minimum Gasteiger partial charge on any atom is -0.386 e. The van der Waals surface area contributed by atoms with Gasteiger partial charge in [-0.1, -0.05) is 44.2 Å². The van der Waals surface area contributed by atoms with E-state index in [0.29, 0.717) is 5.56 Å². The van der Waals surface area contributed by atoms with Gasteiger partial charge in [-0.3, -0.25) is 0 Å². The Morgan fingerprint density at radius 1 is 1.14 bits per heavy atom. The van der Waals surface area contributed by atoms with Crippen molar-refractivity contribution in [1.29, 1.82) is 0 Å². The molecule has 0 heterocycles. The molecule has 1 aromatic carbocycles. The first-order valence-electron chi connectivity index (χ1n) is 4.48. The summed E-state index contributed by atoms with van der Waals surface area (Å²) in [6.45, 7) is 3.22. The van der Waals surface area contributed by atoms with Crippen molar-refractivity contribution in [3.63, 3.8) is 0 Å². The lowest BCUT2D eigenvalue weighted by atomic mass is 9.79. The number of rotatable bonds is 3. The maximum Gasteiger partial charge on any atom is 0.264 e. The van der Waals surface area contributed by atoms with Crippen LogP contribution in [0.15, 0.2) is 30.3 Å². The number of aliphatic hydroxyl groups is 1. The quantitative estimate of drug-likeness (QED) is 0.795. The van der Waals surface area contributed by atoms with E-state index in [1.54, 1.807) is 38.1 Å². The van der Waals surface area contributed by atoms with E-state index in [-0.39, 0.29) is 0 Å². The molecule has 1 atom stereocenters. The summed E-state index contributed by atoms with van der Waals surface area (Å²) >= 11 is 0. The van der Waals surface area contributed by atoms with E-state index >= 15 is 0 Å². The highest BCUT2D eigenvalue weighted by Crippen LogP contribution is 2.29. The normalized spacial score (nSPS) is 14.4. The number of halogens is 2. The van der Waals surface area contributed by atoms with E-state index in [2.05, 4.69) is 0 Å². The van der Waals surface area contributed by atoms with Crippen molar-refractivity contribution in [3.8, 4) is 0 Å². The van der Waals surface area contributed by atoms with Crippen LogP contribution in [0.4, 0.5) is 8.78 Å². The zero-order valence-electron chi connectivity index (χ0n) is 8.24. The molecular formula is C11H14F2O. The van der Waals surface area contributed by atoms with Crippen molar-refractivity contribution in [2.24, 2.45) is 0 Å². The average molecular weight is 200 g/mol. The first kappa shape index (κ1) is 11.1. The lowest BCUT2D eigenvalue weighted by Crippen LogP contribution is -2.38. The second kappa shape index (κ2) is 4.05. The highest BCUT2D eigenvalue weighted by molar-refractivity contribution is 5.25. The van der Waals surface area contributed by atoms with Gasteiger partial charge in [-0.05, 0) is 5.56 Å². The third kappa shape index (κ3) is 2.10. The molecule has 0 spiro atoms. The molecule has 1 N–H and O–H groups in total. The summed E-state index contributed by atoms with van der Waals surface area (Å²) in [6.07, 6.45) is -4.35. The summed E-state index contributed by atoms with van der Waals surface area (Å²) in [5.41, 5.74) is -0.206. The van der Waals surface area contributed by atoms with Crippen LogP contribution < -0.4 is 0 Å². The number of benzene rings is 1. The Morgan fingerprint density at radius 3 is 2.07 bits per heavy atom. The molecule has 0 saturated heterocycles. The summed E-state index contributed by atoms with van der Waals surface area (Å²) in [7, 11) is 0. The van der Waals surface area contributed by atoms with Gasteiger partial charge in [-0.2, -0.15) is 0 Å². The highest BCUT2D eigenvalue weighted by atomic mass is 19.3. The van der Waals surface area contributed by atoms with Crippen molar-refractivity contribution in [2.75, 3.05) is 0 Å². The fraction of sp³-hybridized carbons (Fsp3) is 0.455. The summed E-state index contributed by atoms with van der Waals surface area (Å²) in [5.74, 6) is 0. The molecule has 0 aliphatic carbocycles. The second-order valence-corrected chi connectivity index (χ2v) is 3.87. The SMILES string of the molecule is CC(C)(c1ccccc1)C(O)C(F)F. The molecule has 78 valence electrons. The van der Waals surface area contributed by atoms with Crippen LogP contribution in [0, 0.1) is 0 Å². The first-order valence-corrected chi connectivity index (χ1v) is 4.48. The molecule has 0 fully saturated rings. The van der Waals surface area contributed by atoms with E-state index in [4.69, 9.17) is 0 Å². The molecule has 1 rings (SSSR count). The third-order valence-corrected chi connectivity index (χ3v) is 2.50. The first-order chi connectivity index (χ1) is 6.46. The van der Waals surface area contributed by atoms with E-state index in [0.717, 1.165) is 0 Å². The smallest absolute Gasteiger partial charge is 0.264 e. The highest BCUT2D eigenvalue weighted by Gasteiger charge is 2.35. The Labute approximate surface area is 82.4 Å². The molecule has 0 saturated carbocycles. The van der Waals surface area contributed by atoms with Crippen LogP contribution >= 0.6 is 0 Å². The number of alkyl halides is 2. The summed E-state index contributed by atoms with van der Waals surface area (Å²) in [4.78, 5) is 0. The molecule has 1 nitrogen and oxygen atoms in total. The zero-order chi connectivity index (χ0) is 10.8. The molecule has 14 heavy (non-hydrogen) atoms. The standard InChI is InChI=1S/C11H14F2O/c1-11(2,9(14)10(12)13)8-6-4-3-5-7-8/h3-7,9-10,14H,1-2H3. The van der Waals surface area contributed by atoms with Crippen LogP contribution in [0.5, 0.6) is 0 Å². The van der Waals surface area contributed by atoms with E-state index in [1.165, 1.54) is 0 Å². The molecule has 0 aromatic heterocycles. The van der Waals surface area contributed by atoms with Gasteiger partial charge in [0, 0.05) is 5.41 Å². The number of hydrogen-bond acceptors (Lipinski definition) is 1. The molecule has 0 radical (unpaired) electrons. The van der Waals surface area contributed by atoms with Crippen LogP contribution in [-0.4, -0.2) is 17.6 Å². The molecule has 1 unspecified atom stereocenters. The van der Waals surface area contributed by atoms with Gasteiger partial charge in [-0.25, -0.2) is 8.78 Å². The van der Waals surface area contributed by atoms with Gasteiger partial charge in [0.25, 0.3) is 6.43 Å². The zero-order valence-corrected chi connectivity index (χ0v) is 8.24. The summed E-state index contributed by atoms with van der Waals surface area (Å²) < 4.78 is 24.7. The topological polar surface area (TPSA) is 20.2 Å². The molecule has 0 bridgehead atoms. The van der Waals surface area contributed by atoms with Gasteiger partial charge in [-0.15, -0.1) is 0 Å². The Bertz CT molecular complexity index is 283. The van der Waals surface area contributed by atoms with Crippen LogP contribution in [0.3, 0.4) is 0 Å². The van der Waals surface area contributed by atoms with Crippen molar-refractivity contribution in [1.82, 2.24) is 0 Å². The van der Waals surface area contributed by atoms with Gasteiger partial charge in [0.2, 0.25) is 0 Å². The fourth-order valence-corrected chi connectivity index (χ4v) is 1.35. The van der Waals surface area contributed by atoms with E-state index < -0.39 is 17.9 Å². The van der Waals surface area contributed by atoms with Crippen LogP contribution in [0.1, 0.15) is 19.4 Å². The lowest BCUT2D eigenvalue weighted by molar-refractivity contribution is -0.0430. The Morgan fingerprint density at radius 2 is 1.64 bits per heavy atom. The Hall–Kier alpha value is -0.960. The monoisotopic (exact) mass is 200 g/mol. The molecule has 0 aliphatic rings. The largest absolute Gasteiger partial charge is 0.386 e.